The Balaban J connectivity index is 0.00000220. The number of nitrogens with two attached hydrogens (primary N) is 1. The van der Waals surface area contributed by atoms with E-state index in [-0.39, 0.29) is 24.3 Å². The van der Waals surface area contributed by atoms with Gasteiger partial charge in [0.15, 0.2) is 0 Å². The molecule has 1 heterocycles. The number of benzene rings is 2. The molecule has 1 amide bonds. The molecule has 2 atom stereocenters. The van der Waals surface area contributed by atoms with E-state index in [0.29, 0.717) is 31.0 Å². The molecule has 2 aromatic carbocycles. The third-order valence-electron chi connectivity index (χ3n) is 6.31. The maximum absolute atomic E-state index is 14.0. The molecule has 8 heteroatoms. The van der Waals surface area contributed by atoms with Gasteiger partial charge in [-0.3, -0.25) is 5.32 Å². The van der Waals surface area contributed by atoms with Crippen molar-refractivity contribution < 1.29 is 18.7 Å². The maximum atomic E-state index is 14.0. The predicted octanol–water partition coefficient (Wildman–Crippen LogP) is 9.13. The molecular formula is C37H57FN4O3. The molecule has 0 aliphatic heterocycles. The number of pyridine rings is 1. The standard InChI is InChI=1S/C30H38FN3O3.C3H8.C2H5N.C2H6/c1-21(19-36-22(2)18-34(4)5)15-24(13-14-25-11-8-12-28(31)23(25)3)20-37-30(35)33-29-16-26-9-6-7-10-27(26)17-32-29;1-3-2;1-2-3;1-2/h6-12,16-17,21,24H,2,13-15,18-20H2,1,3-5H3,(H,32,33,35);3H2,1-2H3;2H,1,3H2;1-2H3. The van der Waals surface area contributed by atoms with Gasteiger partial charge >= 0.3 is 6.09 Å². The van der Waals surface area contributed by atoms with Gasteiger partial charge in [-0.1, -0.05) is 90.6 Å². The summed E-state index contributed by atoms with van der Waals surface area (Å²) in [5, 5.41) is 4.71. The summed E-state index contributed by atoms with van der Waals surface area (Å²) in [7, 11) is 3.94. The van der Waals surface area contributed by atoms with Gasteiger partial charge in [-0.05, 0) is 87.0 Å². The first-order chi connectivity index (χ1) is 21.5. The molecule has 3 rings (SSSR count). The van der Waals surface area contributed by atoms with Crippen molar-refractivity contribution in [1.29, 1.82) is 0 Å². The molecule has 0 aliphatic carbocycles. The summed E-state index contributed by atoms with van der Waals surface area (Å²) in [6.45, 7) is 20.7. The Morgan fingerprint density at radius 1 is 1.09 bits per heavy atom. The van der Waals surface area contributed by atoms with Crippen LogP contribution in [-0.4, -0.2) is 49.8 Å². The number of aromatic nitrogens is 1. The second-order valence-electron chi connectivity index (χ2n) is 10.9. The lowest BCUT2D eigenvalue weighted by Crippen LogP contribution is -2.23. The van der Waals surface area contributed by atoms with E-state index in [0.717, 1.165) is 34.9 Å². The van der Waals surface area contributed by atoms with E-state index in [2.05, 4.69) is 50.0 Å². The molecule has 0 spiro atoms. The SMILES string of the molecule is C=C(CN(C)C)OCC(C)CC(CCc1cccc(F)c1C)COC(=O)Nc1cc2ccccc2cn1.C=CN.CC.CCC. The number of aryl methyl sites for hydroxylation is 1. The lowest BCUT2D eigenvalue weighted by Gasteiger charge is -2.23. The second-order valence-corrected chi connectivity index (χ2v) is 10.9. The monoisotopic (exact) mass is 624 g/mol. The van der Waals surface area contributed by atoms with Gasteiger partial charge in [0.2, 0.25) is 0 Å². The number of ether oxygens (including phenoxy) is 2. The molecule has 250 valence electrons. The van der Waals surface area contributed by atoms with E-state index in [1.54, 1.807) is 19.2 Å². The molecule has 1 aromatic heterocycles. The molecular weight excluding hydrogens is 567 g/mol. The molecule has 0 aliphatic rings. The Morgan fingerprint density at radius 2 is 1.71 bits per heavy atom. The Labute approximate surface area is 271 Å². The topological polar surface area (TPSA) is 89.7 Å². The number of fused-ring (bicyclic) bond motifs is 1. The van der Waals surface area contributed by atoms with Crippen molar-refractivity contribution >= 4 is 22.7 Å². The fraction of sp³-hybridized carbons (Fsp3) is 0.459. The number of carbonyl (C=O) groups excluding carboxylic acids is 1. The van der Waals surface area contributed by atoms with Crippen molar-refractivity contribution in [2.75, 3.05) is 39.2 Å². The second kappa shape index (κ2) is 24.4. The van der Waals surface area contributed by atoms with Crippen molar-refractivity contribution in [2.45, 2.75) is 67.2 Å². The predicted molar refractivity (Wildman–Crippen MR) is 189 cm³/mol. The molecule has 3 N–H and O–H groups in total. The fourth-order valence-corrected chi connectivity index (χ4v) is 4.33. The van der Waals surface area contributed by atoms with Gasteiger partial charge in [0.25, 0.3) is 0 Å². The van der Waals surface area contributed by atoms with Gasteiger partial charge < -0.3 is 20.1 Å². The number of hydrogen-bond acceptors (Lipinski definition) is 6. The molecule has 3 aromatic rings. The summed E-state index contributed by atoms with van der Waals surface area (Å²) in [5.41, 5.74) is 6.25. The van der Waals surface area contributed by atoms with Crippen molar-refractivity contribution in [3.8, 4) is 0 Å². The van der Waals surface area contributed by atoms with Gasteiger partial charge in [0.1, 0.15) is 17.4 Å². The van der Waals surface area contributed by atoms with Crippen LogP contribution in [0.1, 0.15) is 65.0 Å². The average Bonchev–Trinajstić information content (AvgIpc) is 3.01. The summed E-state index contributed by atoms with van der Waals surface area (Å²) in [4.78, 5) is 18.9. The van der Waals surface area contributed by atoms with Crippen LogP contribution in [0.5, 0.6) is 0 Å². The highest BCUT2D eigenvalue weighted by Crippen LogP contribution is 2.23. The first-order valence-electron chi connectivity index (χ1n) is 15.8. The Hall–Kier alpha value is -3.91. The third kappa shape index (κ3) is 17.8. The minimum absolute atomic E-state index is 0.0821. The van der Waals surface area contributed by atoms with E-state index in [4.69, 9.17) is 9.47 Å². The number of carbonyl (C=O) groups is 1. The van der Waals surface area contributed by atoms with Gasteiger partial charge in [-0.25, -0.2) is 14.2 Å². The normalized spacial score (nSPS) is 11.3. The summed E-state index contributed by atoms with van der Waals surface area (Å²) in [6, 6.07) is 14.8. The van der Waals surface area contributed by atoms with Crippen LogP contribution in [0.2, 0.25) is 0 Å². The summed E-state index contributed by atoms with van der Waals surface area (Å²) < 4.78 is 25.5. The molecule has 0 radical (unpaired) electrons. The van der Waals surface area contributed by atoms with Gasteiger partial charge in [0, 0.05) is 11.6 Å². The van der Waals surface area contributed by atoms with E-state index in [1.807, 2.05) is 69.2 Å². The van der Waals surface area contributed by atoms with E-state index >= 15 is 0 Å². The number of likely N-dealkylation sites (N-methyl/N-ethyl adjacent to an activating group) is 1. The average molecular weight is 625 g/mol. The Morgan fingerprint density at radius 3 is 2.33 bits per heavy atom. The van der Waals surface area contributed by atoms with Gasteiger partial charge in [-0.15, -0.1) is 0 Å². The first kappa shape index (κ1) is 41.1. The molecule has 0 bridgehead atoms. The molecule has 7 nitrogen and oxygen atoms in total. The van der Waals surface area contributed by atoms with Crippen LogP contribution < -0.4 is 11.1 Å². The molecule has 0 saturated carbocycles. The van der Waals surface area contributed by atoms with Crippen LogP contribution in [0.15, 0.2) is 79.8 Å². The minimum atomic E-state index is -0.544. The number of nitrogens with zero attached hydrogens (tertiary/aromatic N) is 2. The van der Waals surface area contributed by atoms with Crippen LogP contribution in [0.25, 0.3) is 10.8 Å². The Kier molecular flexibility index (Phi) is 22.3. The zero-order valence-corrected chi connectivity index (χ0v) is 28.9. The number of anilines is 1. The van der Waals surface area contributed by atoms with Gasteiger partial charge in [-0.2, -0.15) is 0 Å². The molecule has 0 fully saturated rings. The van der Waals surface area contributed by atoms with Crippen LogP contribution >= 0.6 is 0 Å². The van der Waals surface area contributed by atoms with Crippen LogP contribution in [-0.2, 0) is 15.9 Å². The zero-order chi connectivity index (χ0) is 34.2. The summed E-state index contributed by atoms with van der Waals surface area (Å²) in [6.07, 6.45) is 5.94. The van der Waals surface area contributed by atoms with Crippen molar-refractivity contribution in [3.05, 3.63) is 96.8 Å². The number of amides is 1. The fourth-order valence-electron chi connectivity index (χ4n) is 4.33. The lowest BCUT2D eigenvalue weighted by molar-refractivity contribution is 0.110. The Bertz CT molecular complexity index is 1270. The quantitative estimate of drug-likeness (QED) is 0.184. The first-order valence-corrected chi connectivity index (χ1v) is 15.8. The molecule has 2 unspecified atom stereocenters. The number of nitrogens with one attached hydrogen (secondary N) is 1. The van der Waals surface area contributed by atoms with E-state index < -0.39 is 6.09 Å². The number of rotatable bonds is 13. The minimum Gasteiger partial charge on any atom is -0.497 e. The van der Waals surface area contributed by atoms with Gasteiger partial charge in [0.05, 0.1) is 19.8 Å². The summed E-state index contributed by atoms with van der Waals surface area (Å²) >= 11 is 0. The van der Waals surface area contributed by atoms with Crippen molar-refractivity contribution in [2.24, 2.45) is 17.6 Å². The molecule has 45 heavy (non-hydrogen) atoms. The number of halogens is 1. The largest absolute Gasteiger partial charge is 0.497 e. The van der Waals surface area contributed by atoms with Crippen molar-refractivity contribution in [1.82, 2.24) is 9.88 Å². The highest BCUT2D eigenvalue weighted by atomic mass is 19.1. The van der Waals surface area contributed by atoms with Crippen molar-refractivity contribution in [3.63, 3.8) is 0 Å². The summed E-state index contributed by atoms with van der Waals surface area (Å²) in [5.74, 6) is 1.28. The molecule has 0 saturated heterocycles. The van der Waals surface area contributed by atoms with E-state index in [1.165, 1.54) is 18.7 Å². The van der Waals surface area contributed by atoms with Crippen LogP contribution in [0.4, 0.5) is 15.0 Å². The van der Waals surface area contributed by atoms with E-state index in [9.17, 15) is 9.18 Å². The highest BCUT2D eigenvalue weighted by molar-refractivity contribution is 5.89. The number of hydrogen-bond donors (Lipinski definition) is 2. The third-order valence-corrected chi connectivity index (χ3v) is 6.31. The highest BCUT2D eigenvalue weighted by Gasteiger charge is 2.18. The van der Waals surface area contributed by atoms with Crippen LogP contribution in [0.3, 0.4) is 0 Å². The smallest absolute Gasteiger partial charge is 0.412 e. The zero-order valence-electron chi connectivity index (χ0n) is 28.9. The maximum Gasteiger partial charge on any atom is 0.412 e. The van der Waals surface area contributed by atoms with Crippen LogP contribution in [0, 0.1) is 24.6 Å². The lowest BCUT2D eigenvalue weighted by atomic mass is 9.90.